The Balaban J connectivity index is 1.20. The number of hydrogen-bond donors (Lipinski definition) is 11. The van der Waals surface area contributed by atoms with Crippen molar-refractivity contribution in [3.05, 3.63) is 10.4 Å². The van der Waals surface area contributed by atoms with Crippen molar-refractivity contribution >= 4 is 49.1 Å². The number of phosphoric ester groups is 1. The highest BCUT2D eigenvalue weighted by Crippen LogP contribution is 2.42. The number of aliphatic carboxylic acids is 3. The smallest absolute Gasteiger partial charge is 0.277 e. The minimum absolute atomic E-state index is 0.00591. The monoisotopic (exact) mass is 907 g/mol. The molecule has 27 heteroatoms. The van der Waals surface area contributed by atoms with E-state index in [1.165, 1.54) is 0 Å². The Bertz CT molecular complexity index is 1800. The number of H-pyrrole nitrogens is 1. The van der Waals surface area contributed by atoms with E-state index < -0.39 is 126 Å². The molecule has 4 rings (SSSR count). The van der Waals surface area contributed by atoms with Crippen LogP contribution in [0.5, 0.6) is 0 Å². The van der Waals surface area contributed by atoms with Gasteiger partial charge >= 0.3 is 0 Å². The number of aliphatic hydroxyl groups excluding tert-OH is 5. The Kier molecular flexibility index (Phi) is 18.4. The van der Waals surface area contributed by atoms with Gasteiger partial charge in [0, 0.05) is 30.1 Å². The van der Waals surface area contributed by atoms with Gasteiger partial charge in [0.25, 0.3) is 13.4 Å². The van der Waals surface area contributed by atoms with Gasteiger partial charge in [-0.25, -0.2) is 0 Å². The number of hydrogen-bond acceptors (Lipinski definition) is 24. The van der Waals surface area contributed by atoms with Gasteiger partial charge < -0.3 is 106 Å². The number of phosphoric acid groups is 1. The lowest BCUT2D eigenvalue weighted by atomic mass is 9.81. The summed E-state index contributed by atoms with van der Waals surface area (Å²) in [7, 11) is -5.61. The number of nitrogens with one attached hydrogen (secondary N) is 5. The summed E-state index contributed by atoms with van der Waals surface area (Å²) in [6, 6.07) is -2.13. The third kappa shape index (κ3) is 14.5. The molecule has 1 aliphatic carbocycles. The number of carbonyl (C=O) groups is 4. The zero-order chi connectivity index (χ0) is 46.1. The van der Waals surface area contributed by atoms with Crippen molar-refractivity contribution in [2.45, 2.75) is 151 Å². The fourth-order valence-electron chi connectivity index (χ4n) is 7.55. The van der Waals surface area contributed by atoms with E-state index in [4.69, 9.17) is 15.2 Å². The fourth-order valence-corrected chi connectivity index (χ4v) is 8.45. The molecular weight excluding hydrogens is 853 g/mol. The van der Waals surface area contributed by atoms with E-state index in [2.05, 4.69) is 35.0 Å². The Morgan fingerprint density at radius 2 is 1.65 bits per heavy atom. The molecule has 0 radical (unpaired) electrons. The molecule has 62 heavy (non-hydrogen) atoms. The number of amides is 1. The summed E-state index contributed by atoms with van der Waals surface area (Å²) >= 11 is 0. The minimum Gasteiger partial charge on any atom is -0.756 e. The summed E-state index contributed by atoms with van der Waals surface area (Å²) in [5.74, 6) is -6.46. The lowest BCUT2D eigenvalue weighted by molar-refractivity contribution is -0.311. The number of carboxylic acid groups (broad SMARTS) is 3. The molecule has 0 spiro atoms. The number of carbonyl (C=O) groups excluding carboxylic acids is 4. The van der Waals surface area contributed by atoms with Crippen LogP contribution in [0.2, 0.25) is 0 Å². The van der Waals surface area contributed by atoms with Crippen molar-refractivity contribution in [2.24, 2.45) is 5.92 Å². The van der Waals surface area contributed by atoms with E-state index in [9.17, 15) is 74.3 Å². The quantitative estimate of drug-likeness (QED) is 0.0429. The van der Waals surface area contributed by atoms with Crippen molar-refractivity contribution in [3.8, 4) is 0 Å². The summed E-state index contributed by atoms with van der Waals surface area (Å²) in [6.45, 7) is 2.17. The average molecular weight is 908 g/mol. The molecule has 2 fully saturated rings. The Hall–Kier alpha value is -4.05. The van der Waals surface area contributed by atoms with Crippen LogP contribution in [0.1, 0.15) is 71.6 Å². The number of aromatic nitrogens is 2. The summed E-state index contributed by atoms with van der Waals surface area (Å²) in [4.78, 5) is 77.3. The van der Waals surface area contributed by atoms with Crippen LogP contribution in [-0.4, -0.2) is 152 Å². The molecule has 3 heterocycles. The maximum atomic E-state index is 12.6. The lowest BCUT2D eigenvalue weighted by Crippen LogP contribution is -2.56. The summed E-state index contributed by atoms with van der Waals surface area (Å²) in [5, 5.41) is 97.8. The largest absolute Gasteiger partial charge is 0.756 e. The van der Waals surface area contributed by atoms with Crippen LogP contribution >= 0.6 is 7.82 Å². The highest BCUT2D eigenvalue weighted by atomic mass is 31.2. The third-order valence-electron chi connectivity index (χ3n) is 10.9. The molecule has 12 N–H and O–H groups in total. The van der Waals surface area contributed by atoms with E-state index in [1.54, 1.807) is 5.32 Å². The van der Waals surface area contributed by atoms with Crippen LogP contribution in [0.25, 0.3) is 0 Å². The number of aliphatic hydroxyl groups is 5. The molecule has 26 nitrogen and oxygen atoms in total. The Morgan fingerprint density at radius 3 is 2.27 bits per heavy atom. The lowest BCUT2D eigenvalue weighted by Gasteiger charge is -2.39. The predicted octanol–water partition coefficient (Wildman–Crippen LogP) is -7.42. The summed E-state index contributed by atoms with van der Waals surface area (Å²) in [6.07, 6.45) is -14.4. The van der Waals surface area contributed by atoms with Gasteiger partial charge in [0.15, 0.2) is 12.1 Å². The number of carboxylic acids is 3. The SMILES string of the molecule is CC1Nc2nc(N)[nH]c(=O)c2NC1C(C)NC1CCC(CC(O)C(O)C(O)COC2OC(COP(=O)([O-])OC(CCC(=O)[O-])C(=O)NC(CCC(=O)[O-])C(=O)[O-])C(O)C2O)CC1. The maximum Gasteiger partial charge on any atom is 0.277 e. The number of nitrogen functional groups attached to an aromatic ring is 1. The second kappa shape index (κ2) is 22.5. The van der Waals surface area contributed by atoms with Gasteiger partial charge in [-0.05, 0) is 77.6 Å². The van der Waals surface area contributed by atoms with E-state index in [0.29, 0.717) is 24.3 Å². The van der Waals surface area contributed by atoms with Crippen LogP contribution in [0.3, 0.4) is 0 Å². The van der Waals surface area contributed by atoms with Crippen LogP contribution in [-0.2, 0) is 42.3 Å². The van der Waals surface area contributed by atoms with Crippen molar-refractivity contribution < 1.29 is 88.0 Å². The molecule has 1 saturated heterocycles. The predicted molar refractivity (Wildman–Crippen MR) is 201 cm³/mol. The highest BCUT2D eigenvalue weighted by Gasteiger charge is 2.45. The topological polar surface area (TPSA) is 436 Å². The fraction of sp³-hybridized carbons (Fsp3) is 0.771. The molecule has 0 aromatic carbocycles. The number of aromatic amines is 1. The van der Waals surface area contributed by atoms with Gasteiger partial charge in [-0.2, -0.15) is 4.98 Å². The Labute approximate surface area is 354 Å². The van der Waals surface area contributed by atoms with Crippen molar-refractivity contribution in [1.29, 1.82) is 0 Å². The van der Waals surface area contributed by atoms with Gasteiger partial charge in [-0.3, -0.25) is 19.1 Å². The summed E-state index contributed by atoms with van der Waals surface area (Å²) < 4.78 is 32.5. The van der Waals surface area contributed by atoms with Gasteiger partial charge in [0.2, 0.25) is 11.9 Å². The first-order valence-electron chi connectivity index (χ1n) is 20.0. The summed E-state index contributed by atoms with van der Waals surface area (Å²) in [5.41, 5.74) is 5.58. The number of fused-ring (bicyclic) bond motifs is 1. The van der Waals surface area contributed by atoms with Crippen molar-refractivity contribution in [2.75, 3.05) is 29.6 Å². The molecule has 2 aliphatic heterocycles. The van der Waals surface area contributed by atoms with Gasteiger partial charge in [0.05, 0.1) is 37.4 Å². The number of nitrogens with zero attached hydrogens (tertiary/aromatic N) is 1. The molecule has 13 atom stereocenters. The highest BCUT2D eigenvalue weighted by molar-refractivity contribution is 7.45. The molecule has 1 aromatic heterocycles. The first-order chi connectivity index (χ1) is 29.0. The zero-order valence-corrected chi connectivity index (χ0v) is 34.7. The first kappa shape index (κ1) is 50.6. The number of anilines is 3. The van der Waals surface area contributed by atoms with E-state index in [0.717, 1.165) is 12.8 Å². The average Bonchev–Trinajstić information content (AvgIpc) is 3.46. The van der Waals surface area contributed by atoms with Crippen LogP contribution in [0.4, 0.5) is 17.5 Å². The van der Waals surface area contributed by atoms with Crippen LogP contribution < -0.4 is 52.8 Å². The van der Waals surface area contributed by atoms with Crippen molar-refractivity contribution in [1.82, 2.24) is 20.6 Å². The second-order valence-corrected chi connectivity index (χ2v) is 17.1. The van der Waals surface area contributed by atoms with E-state index in [-0.39, 0.29) is 48.0 Å². The molecule has 3 aliphatic rings. The minimum atomic E-state index is -5.61. The molecule has 1 aromatic rings. The Morgan fingerprint density at radius 1 is 1.00 bits per heavy atom. The molecule has 1 amide bonds. The normalized spacial score (nSPS) is 28.7. The van der Waals surface area contributed by atoms with Gasteiger partial charge in [0.1, 0.15) is 42.3 Å². The number of ether oxygens (including phenoxy) is 2. The molecule has 1 saturated carbocycles. The van der Waals surface area contributed by atoms with Crippen LogP contribution in [0.15, 0.2) is 4.79 Å². The third-order valence-corrected chi connectivity index (χ3v) is 11.9. The van der Waals surface area contributed by atoms with E-state index >= 15 is 0 Å². The first-order valence-corrected chi connectivity index (χ1v) is 21.4. The van der Waals surface area contributed by atoms with Gasteiger partial charge in [-0.15, -0.1) is 0 Å². The zero-order valence-electron chi connectivity index (χ0n) is 33.8. The standard InChI is InChI=1S/C35H58N7O19P/c1-14(25-15(2)38-30-26(40-25)32(53)42-35(36)41-30)37-17-5-3-16(4-6-17)11-19(43)27(49)20(44)12-58-34-29(51)28(50)22(60-34)13-59-62(56,57)61-21(8-10-24(47)48)31(52)39-18(33(54)55)7-9-23(45)46/h14-22,25,27-29,34,37,40,43-44,49-51H,3-13H2,1-2H3,(H,39,52)(H,45,46)(H,47,48)(H,54,55)(H,56,57)(H4,36,38,41,42,53)/p-4. The second-order valence-electron chi connectivity index (χ2n) is 15.7. The molecule has 0 bridgehead atoms. The van der Waals surface area contributed by atoms with E-state index in [1.807, 2.05) is 13.8 Å². The van der Waals surface area contributed by atoms with Gasteiger partial charge in [-0.1, -0.05) is 0 Å². The molecular formula is C35H54N7O19P-4. The van der Waals surface area contributed by atoms with Crippen molar-refractivity contribution in [3.63, 3.8) is 0 Å². The van der Waals surface area contributed by atoms with Crippen LogP contribution in [0, 0.1) is 5.92 Å². The maximum absolute atomic E-state index is 12.6. The number of nitrogens with two attached hydrogens (primary N) is 1. The molecule has 13 unspecified atom stereocenters. The number of rotatable bonds is 24. The molecule has 352 valence electrons.